The molecule has 0 saturated carbocycles. The van der Waals surface area contributed by atoms with E-state index in [0.717, 1.165) is 22.0 Å². The van der Waals surface area contributed by atoms with E-state index in [1.807, 2.05) is 44.2 Å². The van der Waals surface area contributed by atoms with Crippen molar-refractivity contribution in [2.75, 3.05) is 26.2 Å². The van der Waals surface area contributed by atoms with E-state index in [-0.39, 0.29) is 36.9 Å². The third kappa shape index (κ3) is 11.9. The number of nitrogens with two attached hydrogens (primary N) is 1. The summed E-state index contributed by atoms with van der Waals surface area (Å²) in [5.74, 6) is -1.01. The first-order valence-electron chi connectivity index (χ1n) is 12.3. The summed E-state index contributed by atoms with van der Waals surface area (Å²) in [6.07, 6.45) is 2.33. The Balaban J connectivity index is 3.34. The van der Waals surface area contributed by atoms with Gasteiger partial charge >= 0.3 is 0 Å². The number of aliphatic hydroxyl groups is 1. The number of aliphatic hydroxyl groups excluding tert-OH is 1. The highest BCUT2D eigenvalue weighted by atomic mass is 32.2. The molecule has 1 aromatic rings. The van der Waals surface area contributed by atoms with Gasteiger partial charge < -0.3 is 21.5 Å². The predicted molar refractivity (Wildman–Crippen MR) is 155 cm³/mol. The monoisotopic (exact) mass is 569 g/mol. The van der Waals surface area contributed by atoms with Gasteiger partial charge in [0, 0.05) is 19.6 Å². The predicted octanol–water partition coefficient (Wildman–Crippen LogP) is 2.49. The lowest BCUT2D eigenvalue weighted by atomic mass is 10.0. The molecule has 0 bridgehead atoms. The molecule has 0 aliphatic rings. The number of halogens is 1. The molecule has 12 heteroatoms. The van der Waals surface area contributed by atoms with Crippen LogP contribution in [0.25, 0.3) is 0 Å². The second kappa shape index (κ2) is 17.2. The standard InChI is InChI=1S/C26H40FN5O4S2/c1-5-29-20(4)30-25(27)12-11-22(13-14-37)38(35,36)32(17-19(2)3)18-24(33)23(31-26(34)16-28)15-21-9-7-6-8-10-21/h6-14,19,23-24,33,37H,5,15-18,28H2,1-4H3,(H,29,30)(H,31,34)/b14-13+,22-11+,25-12+/t23-,24+/m0/s1. The Labute approximate surface area is 231 Å². The van der Waals surface area contributed by atoms with E-state index in [0.29, 0.717) is 12.4 Å². The summed E-state index contributed by atoms with van der Waals surface area (Å²) in [6, 6.07) is 8.40. The summed E-state index contributed by atoms with van der Waals surface area (Å²) in [6.45, 7) is 7.02. The van der Waals surface area contributed by atoms with Crippen LogP contribution >= 0.6 is 12.6 Å². The van der Waals surface area contributed by atoms with Crippen LogP contribution in [-0.4, -0.2) is 67.9 Å². The normalized spacial score (nSPS) is 15.3. The van der Waals surface area contributed by atoms with Gasteiger partial charge in [-0.25, -0.2) is 8.42 Å². The second-order valence-corrected chi connectivity index (χ2v) is 11.2. The second-order valence-electron chi connectivity index (χ2n) is 8.94. The Morgan fingerprint density at radius 3 is 2.45 bits per heavy atom. The number of nitrogens with one attached hydrogen (secondary N) is 2. The van der Waals surface area contributed by atoms with Crippen LogP contribution in [0.2, 0.25) is 0 Å². The quantitative estimate of drug-likeness (QED) is 0.0724. The van der Waals surface area contributed by atoms with E-state index < -0.39 is 34.0 Å². The van der Waals surface area contributed by atoms with Crippen molar-refractivity contribution in [2.45, 2.75) is 46.3 Å². The summed E-state index contributed by atoms with van der Waals surface area (Å²) >= 11 is 4.00. The topological polar surface area (TPSA) is 137 Å². The Morgan fingerprint density at radius 1 is 1.24 bits per heavy atom. The van der Waals surface area contributed by atoms with Crippen molar-refractivity contribution in [3.8, 4) is 0 Å². The van der Waals surface area contributed by atoms with Gasteiger partial charge in [0.05, 0.1) is 29.4 Å². The summed E-state index contributed by atoms with van der Waals surface area (Å²) in [4.78, 5) is 15.9. The molecule has 0 aliphatic heterocycles. The van der Waals surface area contributed by atoms with Crippen LogP contribution in [0.1, 0.15) is 33.3 Å². The SMILES string of the molecule is CCN=C(C)N/C(F)=C/C=C(\C=C\S)S(=O)(=O)N(CC(C)C)C[C@@H](O)[C@H](Cc1ccccc1)NC(=O)CN. The van der Waals surface area contributed by atoms with Crippen LogP contribution in [0.4, 0.5) is 4.39 Å². The number of amidine groups is 1. The number of sulfonamides is 1. The Hall–Kier alpha value is -2.51. The van der Waals surface area contributed by atoms with Crippen LogP contribution in [0.5, 0.6) is 0 Å². The molecule has 0 aromatic heterocycles. The number of hydrogen-bond acceptors (Lipinski definition) is 7. The van der Waals surface area contributed by atoms with Crippen molar-refractivity contribution in [1.82, 2.24) is 14.9 Å². The lowest BCUT2D eigenvalue weighted by Gasteiger charge is -2.31. The van der Waals surface area contributed by atoms with E-state index in [2.05, 4.69) is 28.3 Å². The fourth-order valence-corrected chi connectivity index (χ4v) is 5.41. The third-order valence-corrected chi connectivity index (χ3v) is 7.22. The lowest BCUT2D eigenvalue weighted by Crippen LogP contribution is -2.52. The van der Waals surface area contributed by atoms with Gasteiger partial charge in [-0.15, -0.1) is 0 Å². The summed E-state index contributed by atoms with van der Waals surface area (Å²) < 4.78 is 42.8. The average Bonchev–Trinajstić information content (AvgIpc) is 2.85. The maximum absolute atomic E-state index is 14.3. The number of amides is 1. The van der Waals surface area contributed by atoms with Gasteiger partial charge in [-0.3, -0.25) is 9.79 Å². The minimum absolute atomic E-state index is 0.0761. The van der Waals surface area contributed by atoms with Crippen molar-refractivity contribution in [2.24, 2.45) is 16.6 Å². The Morgan fingerprint density at radius 2 is 1.89 bits per heavy atom. The van der Waals surface area contributed by atoms with E-state index in [4.69, 9.17) is 5.73 Å². The highest BCUT2D eigenvalue weighted by Gasteiger charge is 2.31. The largest absolute Gasteiger partial charge is 0.390 e. The van der Waals surface area contributed by atoms with Crippen molar-refractivity contribution in [3.63, 3.8) is 0 Å². The van der Waals surface area contributed by atoms with Gasteiger partial charge in [-0.05, 0) is 55.4 Å². The Kier molecular flexibility index (Phi) is 15.1. The first-order chi connectivity index (χ1) is 17.9. The molecular weight excluding hydrogens is 529 g/mol. The number of allylic oxidation sites excluding steroid dienone is 3. The molecule has 0 fully saturated rings. The fraction of sp³-hybridized carbons (Fsp3) is 0.462. The molecule has 1 aromatic carbocycles. The van der Waals surface area contributed by atoms with Gasteiger partial charge in [0.1, 0.15) is 0 Å². The first kappa shape index (κ1) is 33.5. The van der Waals surface area contributed by atoms with Gasteiger partial charge in [0.15, 0.2) is 5.95 Å². The van der Waals surface area contributed by atoms with Crippen LogP contribution in [0.3, 0.4) is 0 Å². The zero-order chi connectivity index (χ0) is 28.7. The van der Waals surface area contributed by atoms with Crippen molar-refractivity contribution >= 4 is 34.4 Å². The number of thiol groups is 1. The molecule has 38 heavy (non-hydrogen) atoms. The third-order valence-electron chi connectivity index (χ3n) is 5.22. The molecule has 9 nitrogen and oxygen atoms in total. The molecule has 0 radical (unpaired) electrons. The minimum Gasteiger partial charge on any atom is -0.390 e. The molecule has 0 unspecified atom stereocenters. The van der Waals surface area contributed by atoms with Gasteiger partial charge in [-0.2, -0.15) is 21.3 Å². The lowest BCUT2D eigenvalue weighted by molar-refractivity contribution is -0.121. The number of benzene rings is 1. The number of carbonyl (C=O) groups excluding carboxylic acids is 1. The maximum Gasteiger partial charge on any atom is 0.243 e. The minimum atomic E-state index is -4.20. The molecule has 1 rings (SSSR count). The number of nitrogens with zero attached hydrogens (tertiary/aromatic N) is 2. The van der Waals surface area contributed by atoms with Crippen LogP contribution in [0, 0.1) is 5.92 Å². The van der Waals surface area contributed by atoms with E-state index in [1.165, 1.54) is 11.5 Å². The van der Waals surface area contributed by atoms with Gasteiger partial charge in [-0.1, -0.05) is 44.2 Å². The number of carbonyl (C=O) groups is 1. The van der Waals surface area contributed by atoms with E-state index in [9.17, 15) is 22.7 Å². The zero-order valence-electron chi connectivity index (χ0n) is 22.3. The van der Waals surface area contributed by atoms with Crippen molar-refractivity contribution < 1.29 is 22.7 Å². The zero-order valence-corrected chi connectivity index (χ0v) is 24.1. The summed E-state index contributed by atoms with van der Waals surface area (Å²) in [7, 11) is -4.20. The van der Waals surface area contributed by atoms with Crippen LogP contribution in [-0.2, 0) is 21.2 Å². The average molecular weight is 570 g/mol. The van der Waals surface area contributed by atoms with Gasteiger partial charge in [0.25, 0.3) is 0 Å². The molecule has 212 valence electrons. The van der Waals surface area contributed by atoms with E-state index >= 15 is 0 Å². The fourth-order valence-electron chi connectivity index (χ4n) is 3.53. The van der Waals surface area contributed by atoms with Crippen LogP contribution < -0.4 is 16.4 Å². The van der Waals surface area contributed by atoms with Crippen LogP contribution in [0.15, 0.2) is 69.8 Å². The van der Waals surface area contributed by atoms with Gasteiger partial charge in [0.2, 0.25) is 15.9 Å². The molecule has 0 spiro atoms. The van der Waals surface area contributed by atoms with Crippen molar-refractivity contribution in [3.05, 3.63) is 70.4 Å². The summed E-state index contributed by atoms with van der Waals surface area (Å²) in [5, 5.41) is 17.5. The molecule has 5 N–H and O–H groups in total. The molecular formula is C26H40FN5O4S2. The molecule has 0 saturated heterocycles. The highest BCUT2D eigenvalue weighted by Crippen LogP contribution is 2.20. The molecule has 0 aliphatic carbocycles. The van der Waals surface area contributed by atoms with E-state index in [1.54, 1.807) is 13.8 Å². The molecule has 0 heterocycles. The smallest absolute Gasteiger partial charge is 0.243 e. The first-order valence-corrected chi connectivity index (χ1v) is 14.3. The number of rotatable bonds is 15. The molecule has 2 atom stereocenters. The number of aliphatic imine (C=N–C) groups is 1. The Bertz CT molecular complexity index is 1110. The molecule has 1 amide bonds. The maximum atomic E-state index is 14.3. The highest BCUT2D eigenvalue weighted by molar-refractivity contribution is 7.93. The van der Waals surface area contributed by atoms with Crippen molar-refractivity contribution in [1.29, 1.82) is 0 Å². The number of hydrogen-bond donors (Lipinski definition) is 5. The summed E-state index contributed by atoms with van der Waals surface area (Å²) in [5.41, 5.74) is 6.30.